The molecule has 2 aromatic rings. The molecule has 1 heterocycles. The minimum atomic E-state index is -0.0745. The minimum absolute atomic E-state index is 0.0745. The molecule has 0 saturated carbocycles. The molecule has 1 N–H and O–H groups in total. The van der Waals surface area contributed by atoms with Crippen molar-refractivity contribution in [2.45, 2.75) is 13.8 Å². The van der Waals surface area contributed by atoms with E-state index in [1.54, 1.807) is 12.0 Å². The van der Waals surface area contributed by atoms with E-state index in [9.17, 15) is 4.79 Å². The van der Waals surface area contributed by atoms with Gasteiger partial charge in [-0.15, -0.1) is 0 Å². The van der Waals surface area contributed by atoms with Gasteiger partial charge in [0.25, 0.3) is 5.91 Å². The van der Waals surface area contributed by atoms with Crippen molar-refractivity contribution in [2.24, 2.45) is 0 Å². The summed E-state index contributed by atoms with van der Waals surface area (Å²) in [4.78, 5) is 14.9. The second-order valence-electron chi connectivity index (χ2n) is 5.98. The number of methoxy groups -OCH3 is 1. The zero-order valence-corrected chi connectivity index (χ0v) is 16.5. The first-order valence-electron chi connectivity index (χ1n) is 8.19. The van der Waals surface area contributed by atoms with Crippen LogP contribution in [0.2, 0.25) is 0 Å². The molecule has 0 aliphatic carbocycles. The first-order valence-corrected chi connectivity index (χ1v) is 9.41. The Hall–Kier alpha value is -2.31. The molecule has 0 bridgehead atoms. The van der Waals surface area contributed by atoms with E-state index in [4.69, 9.17) is 17.0 Å². The number of hydrogen-bond donors (Lipinski definition) is 1. The predicted molar refractivity (Wildman–Crippen MR) is 112 cm³/mol. The highest BCUT2D eigenvalue weighted by atomic mass is 32.2. The number of para-hydroxylation sites is 1. The van der Waals surface area contributed by atoms with Gasteiger partial charge in [0.05, 0.1) is 18.7 Å². The van der Waals surface area contributed by atoms with Crippen LogP contribution < -0.4 is 10.1 Å². The molecule has 1 aliphatic rings. The third kappa shape index (κ3) is 3.92. The summed E-state index contributed by atoms with van der Waals surface area (Å²) < 4.78 is 5.72. The third-order valence-corrected chi connectivity index (χ3v) is 5.56. The van der Waals surface area contributed by atoms with E-state index in [1.807, 2.05) is 62.4 Å². The lowest BCUT2D eigenvalue weighted by molar-refractivity contribution is -0.121. The van der Waals surface area contributed by atoms with Crippen LogP contribution in [0.1, 0.15) is 16.7 Å². The third-order valence-electron chi connectivity index (χ3n) is 4.18. The molecule has 1 aliphatic heterocycles. The van der Waals surface area contributed by atoms with Gasteiger partial charge in [-0.25, -0.2) is 0 Å². The molecule has 134 valence electrons. The van der Waals surface area contributed by atoms with Gasteiger partial charge in [0, 0.05) is 5.69 Å². The number of rotatable bonds is 5. The van der Waals surface area contributed by atoms with Crippen LogP contribution in [-0.4, -0.2) is 28.9 Å². The van der Waals surface area contributed by atoms with E-state index in [0.717, 1.165) is 28.1 Å². The van der Waals surface area contributed by atoms with E-state index in [0.29, 0.717) is 15.9 Å². The van der Waals surface area contributed by atoms with Crippen molar-refractivity contribution < 1.29 is 9.53 Å². The number of amides is 1. The van der Waals surface area contributed by atoms with Gasteiger partial charge in [-0.1, -0.05) is 54.3 Å². The van der Waals surface area contributed by atoms with Crippen LogP contribution in [0.15, 0.2) is 47.4 Å². The van der Waals surface area contributed by atoms with Crippen molar-refractivity contribution in [3.63, 3.8) is 0 Å². The molecule has 6 heteroatoms. The van der Waals surface area contributed by atoms with E-state index < -0.39 is 0 Å². The molecule has 0 unspecified atom stereocenters. The maximum Gasteiger partial charge on any atom is 0.267 e. The van der Waals surface area contributed by atoms with Crippen LogP contribution in [-0.2, 0) is 4.79 Å². The summed E-state index contributed by atoms with van der Waals surface area (Å²) in [5.74, 6) is 0.710. The predicted octanol–water partition coefficient (Wildman–Crippen LogP) is 4.58. The van der Waals surface area contributed by atoms with Gasteiger partial charge in [-0.3, -0.25) is 9.69 Å². The molecule has 1 amide bonds. The Kier molecular flexibility index (Phi) is 5.64. The Balaban J connectivity index is 1.73. The molecule has 4 nitrogen and oxygen atoms in total. The summed E-state index contributed by atoms with van der Waals surface area (Å²) >= 11 is 6.73. The number of anilines is 1. The Bertz CT molecular complexity index is 856. The van der Waals surface area contributed by atoms with Crippen LogP contribution in [0.4, 0.5) is 5.69 Å². The molecule has 26 heavy (non-hydrogen) atoms. The van der Waals surface area contributed by atoms with Crippen LogP contribution in [0, 0.1) is 13.8 Å². The molecular weight excluding hydrogens is 364 g/mol. The summed E-state index contributed by atoms with van der Waals surface area (Å²) in [5.41, 5.74) is 4.27. The van der Waals surface area contributed by atoms with Crippen LogP contribution in [0.25, 0.3) is 6.08 Å². The maximum atomic E-state index is 12.7. The number of thiocarbonyl (C=S) groups is 1. The first kappa shape index (κ1) is 18.5. The lowest BCUT2D eigenvalue weighted by atomic mass is 10.1. The topological polar surface area (TPSA) is 41.6 Å². The van der Waals surface area contributed by atoms with Crippen molar-refractivity contribution in [1.82, 2.24) is 4.90 Å². The molecule has 1 fully saturated rings. The quantitative estimate of drug-likeness (QED) is 0.603. The Morgan fingerprint density at radius 1 is 1.15 bits per heavy atom. The van der Waals surface area contributed by atoms with Gasteiger partial charge in [-0.05, 0) is 48.7 Å². The molecule has 0 spiro atoms. The van der Waals surface area contributed by atoms with Crippen molar-refractivity contribution in [2.75, 3.05) is 19.1 Å². The van der Waals surface area contributed by atoms with Gasteiger partial charge in [0.2, 0.25) is 0 Å². The normalized spacial score (nSPS) is 15.7. The number of benzene rings is 2. The fraction of sp³-hybridized carbons (Fsp3) is 0.200. The van der Waals surface area contributed by atoms with Gasteiger partial charge < -0.3 is 10.1 Å². The van der Waals surface area contributed by atoms with E-state index in [-0.39, 0.29) is 5.91 Å². The molecule has 2 aromatic carbocycles. The standard InChI is InChI=1S/C20H20N2O2S2/c1-13-5-4-6-14(2)18(13)21-12-22-19(23)17(26-20(22)25)11-15-7-9-16(24-3)10-8-15/h4-11,21H,12H2,1-3H3/b17-11+. The molecular formula is C20H20N2O2S2. The van der Waals surface area contributed by atoms with Crippen molar-refractivity contribution >= 4 is 46.0 Å². The Morgan fingerprint density at radius 3 is 2.42 bits per heavy atom. The highest BCUT2D eigenvalue weighted by Gasteiger charge is 2.31. The van der Waals surface area contributed by atoms with Crippen molar-refractivity contribution in [1.29, 1.82) is 0 Å². The maximum absolute atomic E-state index is 12.7. The SMILES string of the molecule is COc1ccc(/C=C2/SC(=S)N(CNc3c(C)cccc3C)C2=O)cc1. The lowest BCUT2D eigenvalue weighted by Gasteiger charge is -2.18. The lowest BCUT2D eigenvalue weighted by Crippen LogP contribution is -2.33. The van der Waals surface area contributed by atoms with Crippen LogP contribution in [0.5, 0.6) is 5.75 Å². The van der Waals surface area contributed by atoms with Gasteiger partial charge >= 0.3 is 0 Å². The Morgan fingerprint density at radius 2 is 1.81 bits per heavy atom. The van der Waals surface area contributed by atoms with Crippen LogP contribution >= 0.6 is 24.0 Å². The second-order valence-corrected chi connectivity index (χ2v) is 7.66. The number of ether oxygens (including phenoxy) is 1. The van der Waals surface area contributed by atoms with Gasteiger partial charge in [-0.2, -0.15) is 0 Å². The summed E-state index contributed by atoms with van der Waals surface area (Å²) in [6.45, 7) is 4.45. The summed E-state index contributed by atoms with van der Waals surface area (Å²) in [7, 11) is 1.63. The average molecular weight is 385 g/mol. The fourth-order valence-electron chi connectivity index (χ4n) is 2.74. The largest absolute Gasteiger partial charge is 0.497 e. The first-order chi connectivity index (χ1) is 12.5. The molecule has 1 saturated heterocycles. The van der Waals surface area contributed by atoms with Crippen molar-refractivity contribution in [3.05, 3.63) is 64.1 Å². The zero-order chi connectivity index (χ0) is 18.7. The number of aryl methyl sites for hydroxylation is 2. The number of thioether (sulfide) groups is 1. The van der Waals surface area contributed by atoms with Gasteiger partial charge in [0.15, 0.2) is 0 Å². The monoisotopic (exact) mass is 384 g/mol. The number of nitrogens with one attached hydrogen (secondary N) is 1. The highest BCUT2D eigenvalue weighted by Crippen LogP contribution is 2.33. The Labute approximate surface area is 163 Å². The number of carbonyl (C=O) groups excluding carboxylic acids is 1. The number of nitrogens with zero attached hydrogens (tertiary/aromatic N) is 1. The zero-order valence-electron chi connectivity index (χ0n) is 14.9. The minimum Gasteiger partial charge on any atom is -0.497 e. The van der Waals surface area contributed by atoms with Crippen LogP contribution in [0.3, 0.4) is 0 Å². The number of hydrogen-bond acceptors (Lipinski definition) is 5. The summed E-state index contributed by atoms with van der Waals surface area (Å²) in [5, 5.41) is 3.34. The molecule has 0 radical (unpaired) electrons. The van der Waals surface area contributed by atoms with E-state index >= 15 is 0 Å². The number of carbonyl (C=O) groups is 1. The molecule has 3 rings (SSSR count). The average Bonchev–Trinajstić information content (AvgIpc) is 2.89. The van der Waals surface area contributed by atoms with E-state index in [1.165, 1.54) is 11.8 Å². The fourth-order valence-corrected chi connectivity index (χ4v) is 3.99. The highest BCUT2D eigenvalue weighted by molar-refractivity contribution is 8.26. The smallest absolute Gasteiger partial charge is 0.267 e. The molecule has 0 atom stereocenters. The van der Waals surface area contributed by atoms with Gasteiger partial charge in [0.1, 0.15) is 10.1 Å². The molecule has 0 aromatic heterocycles. The summed E-state index contributed by atoms with van der Waals surface area (Å²) in [6.07, 6.45) is 1.86. The second kappa shape index (κ2) is 7.93. The van der Waals surface area contributed by atoms with E-state index in [2.05, 4.69) is 5.32 Å². The summed E-state index contributed by atoms with van der Waals surface area (Å²) in [6, 6.07) is 13.7. The van der Waals surface area contributed by atoms with Crippen molar-refractivity contribution in [3.8, 4) is 5.75 Å².